The molecule has 0 unspecified atom stereocenters. The van der Waals surface area contributed by atoms with Crippen LogP contribution in [0.1, 0.15) is 56.9 Å². The lowest BCUT2D eigenvalue weighted by molar-refractivity contribution is 0.149. The number of aliphatic hydroxyl groups is 1. The fourth-order valence-corrected chi connectivity index (χ4v) is 4.74. The number of benzene rings is 1. The number of fused-ring (bicyclic) bond motifs is 1. The molecule has 1 saturated carbocycles. The molecule has 136 valence electrons. The molecule has 2 aliphatic carbocycles. The highest BCUT2D eigenvalue weighted by atomic mass is 16.5. The molecule has 1 aromatic rings. The van der Waals surface area contributed by atoms with E-state index in [1.54, 1.807) is 7.11 Å². The van der Waals surface area contributed by atoms with Crippen LogP contribution in [-0.2, 0) is 5.41 Å². The van der Waals surface area contributed by atoms with Crippen molar-refractivity contribution in [2.24, 2.45) is 0 Å². The van der Waals surface area contributed by atoms with Crippen molar-refractivity contribution in [3.05, 3.63) is 35.5 Å². The number of hydrogen-bond donors (Lipinski definition) is 2. The van der Waals surface area contributed by atoms with Gasteiger partial charge in [-0.1, -0.05) is 12.5 Å². The lowest BCUT2D eigenvalue weighted by atomic mass is 9.70. The maximum Gasteiger partial charge on any atom is 0.161 e. The van der Waals surface area contributed by atoms with Gasteiger partial charge in [0.05, 0.1) is 19.3 Å². The van der Waals surface area contributed by atoms with Crippen LogP contribution >= 0.6 is 0 Å². The third-order valence-corrected chi connectivity index (χ3v) is 6.17. The van der Waals surface area contributed by atoms with Crippen LogP contribution in [0.3, 0.4) is 0 Å². The van der Waals surface area contributed by atoms with Gasteiger partial charge in [0.1, 0.15) is 0 Å². The fourth-order valence-electron chi connectivity index (χ4n) is 4.74. The first-order chi connectivity index (χ1) is 12.2. The summed E-state index contributed by atoms with van der Waals surface area (Å²) in [6.45, 7) is 0.962. The fraction of sp³-hybridized carbons (Fsp3) is 0.619. The number of allylic oxidation sites excluding steroid dienone is 1. The molecule has 0 amide bonds. The van der Waals surface area contributed by atoms with E-state index in [1.807, 2.05) is 12.1 Å². The molecule has 0 aromatic heterocycles. The number of nitrogens with one attached hydrogen (secondary N) is 1. The molecular formula is C21H29NO3. The van der Waals surface area contributed by atoms with E-state index >= 15 is 0 Å². The number of hydrogen-bond acceptors (Lipinski definition) is 4. The maximum atomic E-state index is 10.0. The minimum absolute atomic E-state index is 0.00379. The van der Waals surface area contributed by atoms with Gasteiger partial charge in [0.2, 0.25) is 0 Å². The summed E-state index contributed by atoms with van der Waals surface area (Å²) >= 11 is 0. The van der Waals surface area contributed by atoms with Gasteiger partial charge in [-0.25, -0.2) is 0 Å². The predicted octanol–water partition coefficient (Wildman–Crippen LogP) is 3.68. The third-order valence-electron chi connectivity index (χ3n) is 6.17. The average molecular weight is 343 g/mol. The monoisotopic (exact) mass is 343 g/mol. The van der Waals surface area contributed by atoms with Crippen molar-refractivity contribution in [1.82, 2.24) is 5.32 Å². The van der Waals surface area contributed by atoms with Crippen molar-refractivity contribution < 1.29 is 14.6 Å². The molecule has 2 fully saturated rings. The van der Waals surface area contributed by atoms with Crippen LogP contribution < -0.4 is 14.8 Å². The Bertz CT molecular complexity index is 651. The molecule has 1 heterocycles. The molecule has 4 heteroatoms. The van der Waals surface area contributed by atoms with E-state index in [0.717, 1.165) is 50.1 Å². The maximum absolute atomic E-state index is 10.0. The Hall–Kier alpha value is -1.68. The van der Waals surface area contributed by atoms with Gasteiger partial charge in [0.15, 0.2) is 11.5 Å². The second-order valence-corrected chi connectivity index (χ2v) is 7.69. The van der Waals surface area contributed by atoms with Crippen molar-refractivity contribution in [2.45, 2.75) is 69.0 Å². The predicted molar refractivity (Wildman–Crippen MR) is 98.1 cm³/mol. The van der Waals surface area contributed by atoms with Crippen molar-refractivity contribution in [3.63, 3.8) is 0 Å². The molecule has 25 heavy (non-hydrogen) atoms. The van der Waals surface area contributed by atoms with E-state index in [-0.39, 0.29) is 11.5 Å². The zero-order chi connectivity index (χ0) is 17.3. The van der Waals surface area contributed by atoms with E-state index < -0.39 is 0 Å². The summed E-state index contributed by atoms with van der Waals surface area (Å²) in [5.41, 5.74) is 2.46. The summed E-state index contributed by atoms with van der Waals surface area (Å²) in [6, 6.07) is 6.40. The summed E-state index contributed by atoms with van der Waals surface area (Å²) in [5.74, 6) is 1.69. The molecule has 1 aromatic carbocycles. The SMILES string of the molecule is COc1ccc([C@]23CCNC2=C[C@H](O)CC3)cc1OC1CCCCC1. The summed E-state index contributed by atoms with van der Waals surface area (Å²) in [5, 5.41) is 13.5. The molecule has 4 rings (SSSR count). The van der Waals surface area contributed by atoms with Gasteiger partial charge < -0.3 is 19.9 Å². The van der Waals surface area contributed by atoms with Gasteiger partial charge in [-0.3, -0.25) is 0 Å². The molecule has 3 aliphatic rings. The average Bonchev–Trinajstić information content (AvgIpc) is 3.07. The smallest absolute Gasteiger partial charge is 0.161 e. The highest BCUT2D eigenvalue weighted by Gasteiger charge is 2.43. The minimum atomic E-state index is -0.329. The molecule has 2 atom stereocenters. The Labute approximate surface area is 150 Å². The van der Waals surface area contributed by atoms with E-state index in [9.17, 15) is 5.11 Å². The van der Waals surface area contributed by atoms with Crippen LogP contribution in [0.5, 0.6) is 11.5 Å². The van der Waals surface area contributed by atoms with Gasteiger partial charge in [-0.2, -0.15) is 0 Å². The molecule has 1 aliphatic heterocycles. The first kappa shape index (κ1) is 16.8. The van der Waals surface area contributed by atoms with E-state index in [0.29, 0.717) is 6.10 Å². The molecule has 0 radical (unpaired) electrons. The lowest BCUT2D eigenvalue weighted by Crippen LogP contribution is -2.33. The van der Waals surface area contributed by atoms with Gasteiger partial charge in [-0.15, -0.1) is 0 Å². The Morgan fingerprint density at radius 1 is 1.08 bits per heavy atom. The van der Waals surface area contributed by atoms with Crippen LogP contribution in [0.15, 0.2) is 30.0 Å². The Morgan fingerprint density at radius 2 is 1.92 bits per heavy atom. The standard InChI is InChI=1S/C21H29NO3/c1-24-18-8-7-15(13-19(18)25-17-5-3-2-4-6-17)21-10-9-16(23)14-20(21)22-12-11-21/h7-8,13-14,16-17,22-23H,2-6,9-12H2,1H3/t16-,21+/m1/s1. The zero-order valence-electron chi connectivity index (χ0n) is 15.1. The van der Waals surface area contributed by atoms with Gasteiger partial charge in [0.25, 0.3) is 0 Å². The minimum Gasteiger partial charge on any atom is -0.493 e. The normalized spacial score (nSPS) is 29.5. The number of methoxy groups -OCH3 is 1. The van der Waals surface area contributed by atoms with Crippen LogP contribution in [0.2, 0.25) is 0 Å². The van der Waals surface area contributed by atoms with Crippen molar-refractivity contribution in [2.75, 3.05) is 13.7 Å². The van der Waals surface area contributed by atoms with Crippen LogP contribution in [-0.4, -0.2) is 31.0 Å². The highest BCUT2D eigenvalue weighted by molar-refractivity contribution is 5.49. The Balaban J connectivity index is 1.66. The summed E-state index contributed by atoms with van der Waals surface area (Å²) in [4.78, 5) is 0. The highest BCUT2D eigenvalue weighted by Crippen LogP contribution is 2.47. The molecular weight excluding hydrogens is 314 g/mol. The number of ether oxygens (including phenoxy) is 2. The van der Waals surface area contributed by atoms with Gasteiger partial charge >= 0.3 is 0 Å². The number of rotatable bonds is 4. The molecule has 0 bridgehead atoms. The number of aliphatic hydroxyl groups excluding tert-OH is 1. The summed E-state index contributed by atoms with van der Waals surface area (Å²) in [6.07, 6.45) is 10.9. The molecule has 2 N–H and O–H groups in total. The third kappa shape index (κ3) is 3.12. The topological polar surface area (TPSA) is 50.7 Å². The van der Waals surface area contributed by atoms with Crippen LogP contribution in [0.25, 0.3) is 0 Å². The molecule has 0 spiro atoms. The first-order valence-corrected chi connectivity index (χ1v) is 9.71. The van der Waals surface area contributed by atoms with Crippen molar-refractivity contribution >= 4 is 0 Å². The van der Waals surface area contributed by atoms with Gasteiger partial charge in [0, 0.05) is 17.7 Å². The van der Waals surface area contributed by atoms with Gasteiger partial charge in [-0.05, 0) is 68.7 Å². The zero-order valence-corrected chi connectivity index (χ0v) is 15.1. The van der Waals surface area contributed by atoms with Crippen LogP contribution in [0.4, 0.5) is 0 Å². The molecule has 4 nitrogen and oxygen atoms in total. The lowest BCUT2D eigenvalue weighted by Gasteiger charge is -2.35. The van der Waals surface area contributed by atoms with E-state index in [4.69, 9.17) is 9.47 Å². The van der Waals surface area contributed by atoms with E-state index in [1.165, 1.54) is 30.5 Å². The second-order valence-electron chi connectivity index (χ2n) is 7.69. The first-order valence-electron chi connectivity index (χ1n) is 9.71. The summed E-state index contributed by atoms with van der Waals surface area (Å²) < 4.78 is 11.9. The second kappa shape index (κ2) is 6.91. The molecule has 1 saturated heterocycles. The van der Waals surface area contributed by atoms with Crippen molar-refractivity contribution in [3.8, 4) is 11.5 Å². The van der Waals surface area contributed by atoms with Crippen LogP contribution in [0, 0.1) is 0 Å². The largest absolute Gasteiger partial charge is 0.493 e. The Kier molecular flexibility index (Phi) is 4.63. The Morgan fingerprint density at radius 3 is 2.72 bits per heavy atom. The quantitative estimate of drug-likeness (QED) is 0.876. The van der Waals surface area contributed by atoms with Crippen molar-refractivity contribution in [1.29, 1.82) is 0 Å². The summed E-state index contributed by atoms with van der Waals surface area (Å²) in [7, 11) is 1.71. The van der Waals surface area contributed by atoms with E-state index in [2.05, 4.69) is 17.4 Å².